The lowest BCUT2D eigenvalue weighted by Gasteiger charge is -2.38. The number of rotatable bonds is 6. The molecule has 0 aromatic heterocycles. The topological polar surface area (TPSA) is 12.0 Å². The maximum atomic E-state index is 13.3. The molecule has 0 bridgehead atoms. The first kappa shape index (κ1) is 15.4. The largest absolute Gasteiger partial charge is 0.320 e. The smallest absolute Gasteiger partial charge is 0.159 e. The second kappa shape index (κ2) is 7.16. The van der Waals surface area contributed by atoms with Crippen molar-refractivity contribution in [2.24, 2.45) is 5.41 Å². The lowest BCUT2D eigenvalue weighted by atomic mass is 9.68. The first-order chi connectivity index (χ1) is 9.65. The van der Waals surface area contributed by atoms with Gasteiger partial charge in [-0.3, -0.25) is 0 Å². The molecule has 0 saturated heterocycles. The Kier molecular flexibility index (Phi) is 5.53. The van der Waals surface area contributed by atoms with Crippen LogP contribution in [0.1, 0.15) is 50.5 Å². The third-order valence-electron chi connectivity index (χ3n) is 4.75. The van der Waals surface area contributed by atoms with Crippen LogP contribution >= 0.6 is 0 Å². The Bertz CT molecular complexity index is 425. The molecule has 1 fully saturated rings. The number of benzene rings is 1. The minimum atomic E-state index is -0.753. The number of nitrogens with one attached hydrogen (secondary N) is 1. The molecule has 1 aliphatic carbocycles. The molecule has 1 aliphatic rings. The van der Waals surface area contributed by atoms with E-state index in [1.54, 1.807) is 6.07 Å². The van der Waals surface area contributed by atoms with Crippen LogP contribution < -0.4 is 5.32 Å². The van der Waals surface area contributed by atoms with Gasteiger partial charge in [0.1, 0.15) is 0 Å². The summed E-state index contributed by atoms with van der Waals surface area (Å²) in [6.07, 6.45) is 9.63. The highest BCUT2D eigenvalue weighted by Gasteiger charge is 2.30. The van der Waals surface area contributed by atoms with Crippen molar-refractivity contribution in [1.82, 2.24) is 5.32 Å². The fourth-order valence-electron chi connectivity index (χ4n) is 3.42. The van der Waals surface area contributed by atoms with Gasteiger partial charge in [-0.1, -0.05) is 25.3 Å². The Morgan fingerprint density at radius 1 is 1.05 bits per heavy atom. The Hall–Kier alpha value is -0.960. The Morgan fingerprint density at radius 2 is 1.80 bits per heavy atom. The van der Waals surface area contributed by atoms with Crippen molar-refractivity contribution in [3.63, 3.8) is 0 Å². The molecule has 0 amide bonds. The lowest BCUT2D eigenvalue weighted by Crippen LogP contribution is -2.29. The molecule has 3 heteroatoms. The molecule has 0 atom stereocenters. The van der Waals surface area contributed by atoms with Gasteiger partial charge in [0.05, 0.1) is 0 Å². The van der Waals surface area contributed by atoms with Gasteiger partial charge < -0.3 is 5.32 Å². The predicted octanol–water partition coefficient (Wildman–Crippen LogP) is 4.46. The van der Waals surface area contributed by atoms with Gasteiger partial charge in [-0.25, -0.2) is 8.78 Å². The molecule has 1 aromatic carbocycles. The van der Waals surface area contributed by atoms with E-state index in [1.165, 1.54) is 50.7 Å². The van der Waals surface area contributed by atoms with Gasteiger partial charge in [0.25, 0.3) is 0 Å². The van der Waals surface area contributed by atoms with Crippen LogP contribution in [0.25, 0.3) is 0 Å². The molecule has 2 rings (SSSR count). The van der Waals surface area contributed by atoms with Gasteiger partial charge in [0, 0.05) is 0 Å². The zero-order valence-electron chi connectivity index (χ0n) is 12.4. The molecule has 0 aliphatic heterocycles. The van der Waals surface area contributed by atoms with E-state index in [2.05, 4.69) is 5.32 Å². The second-order valence-corrected chi connectivity index (χ2v) is 6.16. The highest BCUT2D eigenvalue weighted by Crippen LogP contribution is 2.42. The van der Waals surface area contributed by atoms with Crippen molar-refractivity contribution >= 4 is 0 Å². The third-order valence-corrected chi connectivity index (χ3v) is 4.75. The van der Waals surface area contributed by atoms with E-state index in [0.717, 1.165) is 24.9 Å². The van der Waals surface area contributed by atoms with E-state index in [4.69, 9.17) is 0 Å². The molecule has 0 radical (unpaired) electrons. The number of halogens is 2. The van der Waals surface area contributed by atoms with Crippen LogP contribution in [0, 0.1) is 17.0 Å². The third kappa shape index (κ3) is 4.02. The Balaban J connectivity index is 1.98. The highest BCUT2D eigenvalue weighted by molar-refractivity contribution is 5.18. The average molecular weight is 281 g/mol. The summed E-state index contributed by atoms with van der Waals surface area (Å²) in [6, 6.07) is 4.31. The van der Waals surface area contributed by atoms with Crippen LogP contribution in [0.4, 0.5) is 8.78 Å². The fraction of sp³-hybridized carbons (Fsp3) is 0.647. The van der Waals surface area contributed by atoms with E-state index in [9.17, 15) is 8.78 Å². The molecule has 112 valence electrons. The van der Waals surface area contributed by atoms with Gasteiger partial charge in [0.15, 0.2) is 11.6 Å². The van der Waals surface area contributed by atoms with Gasteiger partial charge >= 0.3 is 0 Å². The fourth-order valence-corrected chi connectivity index (χ4v) is 3.42. The summed E-state index contributed by atoms with van der Waals surface area (Å²) in [7, 11) is 1.99. The summed E-state index contributed by atoms with van der Waals surface area (Å²) in [5.41, 5.74) is 1.31. The summed E-state index contributed by atoms with van der Waals surface area (Å²) in [5.74, 6) is -1.48. The Morgan fingerprint density at radius 3 is 2.45 bits per heavy atom. The van der Waals surface area contributed by atoms with Gasteiger partial charge in [-0.15, -0.1) is 0 Å². The summed E-state index contributed by atoms with van der Waals surface area (Å²) >= 11 is 0. The summed E-state index contributed by atoms with van der Waals surface area (Å²) < 4.78 is 26.2. The van der Waals surface area contributed by atoms with E-state index in [0.29, 0.717) is 5.41 Å². The molecule has 1 N–H and O–H groups in total. The van der Waals surface area contributed by atoms with Crippen molar-refractivity contribution in [3.8, 4) is 0 Å². The van der Waals surface area contributed by atoms with E-state index >= 15 is 0 Å². The standard InChI is InChI=1S/C17H25F2N/c1-20-12-11-17(8-3-2-4-9-17)10-7-14-5-6-15(18)16(19)13-14/h5-6,13,20H,2-4,7-12H2,1H3. The van der Waals surface area contributed by atoms with Crippen molar-refractivity contribution in [3.05, 3.63) is 35.4 Å². The summed E-state index contributed by atoms with van der Waals surface area (Å²) in [5, 5.41) is 3.24. The van der Waals surface area contributed by atoms with Crippen molar-refractivity contribution in [1.29, 1.82) is 0 Å². The SMILES string of the molecule is CNCCC1(CCc2ccc(F)c(F)c2)CCCCC1. The van der Waals surface area contributed by atoms with Crippen molar-refractivity contribution in [2.75, 3.05) is 13.6 Å². The molecule has 1 aromatic rings. The molecule has 1 nitrogen and oxygen atoms in total. The minimum absolute atomic E-state index is 0.395. The van der Waals surface area contributed by atoms with Gasteiger partial charge in [-0.05, 0) is 68.8 Å². The maximum absolute atomic E-state index is 13.3. The second-order valence-electron chi connectivity index (χ2n) is 6.16. The van der Waals surface area contributed by atoms with Gasteiger partial charge in [0.2, 0.25) is 0 Å². The zero-order chi connectivity index (χ0) is 14.4. The molecule has 0 heterocycles. The molecular formula is C17H25F2N. The molecule has 0 unspecified atom stereocenters. The summed E-state index contributed by atoms with van der Waals surface area (Å²) in [4.78, 5) is 0. The molecule has 1 saturated carbocycles. The predicted molar refractivity (Wildman–Crippen MR) is 78.7 cm³/mol. The molecular weight excluding hydrogens is 256 g/mol. The van der Waals surface area contributed by atoms with E-state index < -0.39 is 11.6 Å². The quantitative estimate of drug-likeness (QED) is 0.812. The first-order valence-electron chi connectivity index (χ1n) is 7.74. The maximum Gasteiger partial charge on any atom is 0.159 e. The minimum Gasteiger partial charge on any atom is -0.320 e. The normalized spacial score (nSPS) is 18.1. The van der Waals surface area contributed by atoms with Crippen LogP contribution in [0.3, 0.4) is 0 Å². The molecule has 20 heavy (non-hydrogen) atoms. The summed E-state index contributed by atoms with van der Waals surface area (Å²) in [6.45, 7) is 1.04. The van der Waals surface area contributed by atoms with Crippen LogP contribution in [0.15, 0.2) is 18.2 Å². The highest BCUT2D eigenvalue weighted by atomic mass is 19.2. The van der Waals surface area contributed by atoms with Crippen LogP contribution in [-0.2, 0) is 6.42 Å². The number of hydrogen-bond donors (Lipinski definition) is 1. The van der Waals surface area contributed by atoms with Crippen molar-refractivity contribution < 1.29 is 8.78 Å². The van der Waals surface area contributed by atoms with Crippen LogP contribution in [0.5, 0.6) is 0 Å². The van der Waals surface area contributed by atoms with Crippen LogP contribution in [0.2, 0.25) is 0 Å². The van der Waals surface area contributed by atoms with E-state index in [-0.39, 0.29) is 0 Å². The van der Waals surface area contributed by atoms with E-state index in [1.807, 2.05) is 7.05 Å². The molecule has 0 spiro atoms. The van der Waals surface area contributed by atoms with Crippen molar-refractivity contribution in [2.45, 2.75) is 51.4 Å². The van der Waals surface area contributed by atoms with Crippen LogP contribution in [-0.4, -0.2) is 13.6 Å². The average Bonchev–Trinajstić information content (AvgIpc) is 2.48. The first-order valence-corrected chi connectivity index (χ1v) is 7.74. The number of aryl methyl sites for hydroxylation is 1. The monoisotopic (exact) mass is 281 g/mol. The zero-order valence-corrected chi connectivity index (χ0v) is 12.4. The van der Waals surface area contributed by atoms with Gasteiger partial charge in [-0.2, -0.15) is 0 Å². The lowest BCUT2D eigenvalue weighted by molar-refractivity contribution is 0.157. The Labute approximate surface area is 120 Å². The number of hydrogen-bond acceptors (Lipinski definition) is 1.